The predicted molar refractivity (Wildman–Crippen MR) is 62.2 cm³/mol. The number of hydrogen-bond acceptors (Lipinski definition) is 3. The van der Waals surface area contributed by atoms with Crippen LogP contribution >= 0.6 is 0 Å². The molecule has 2 rings (SSSR count). The highest BCUT2D eigenvalue weighted by atomic mass is 16.6. The summed E-state index contributed by atoms with van der Waals surface area (Å²) in [6.07, 6.45) is 2.18. The molecule has 1 saturated heterocycles. The molecule has 2 N–H and O–H groups in total. The summed E-state index contributed by atoms with van der Waals surface area (Å²) in [5.41, 5.74) is -0.402. The Hall–Kier alpha value is -0.770. The maximum atomic E-state index is 11.5. The van der Waals surface area contributed by atoms with E-state index in [-0.39, 0.29) is 6.09 Å². The first-order valence-corrected chi connectivity index (χ1v) is 6.14. The molecule has 2 aliphatic rings. The lowest BCUT2D eigenvalue weighted by Gasteiger charge is -2.24. The van der Waals surface area contributed by atoms with Gasteiger partial charge in [-0.2, -0.15) is 0 Å². The molecule has 2 fully saturated rings. The van der Waals surface area contributed by atoms with Crippen LogP contribution in [0.1, 0.15) is 33.6 Å². The van der Waals surface area contributed by atoms with Crippen molar-refractivity contribution in [3.05, 3.63) is 0 Å². The van der Waals surface area contributed by atoms with E-state index < -0.39 is 5.60 Å². The van der Waals surface area contributed by atoms with E-state index in [4.69, 9.17) is 4.74 Å². The van der Waals surface area contributed by atoms with Gasteiger partial charge in [0.05, 0.1) is 0 Å². The lowest BCUT2D eigenvalue weighted by atomic mass is 9.95. The molecule has 0 spiro atoms. The topological polar surface area (TPSA) is 50.4 Å². The van der Waals surface area contributed by atoms with Crippen molar-refractivity contribution in [3.8, 4) is 0 Å². The first-order valence-electron chi connectivity index (χ1n) is 6.14. The van der Waals surface area contributed by atoms with E-state index in [1.54, 1.807) is 0 Å². The zero-order chi connectivity index (χ0) is 11.8. The standard InChI is InChI=1S/C12H22N2O2/c1-12(2,3)16-11(15)14-7-9-5-10-4-8(9)6-13-10/h8-10,13H,4-7H2,1-3H3,(H,14,15)/t8-,9-,10-/m1/s1. The van der Waals surface area contributed by atoms with Crippen LogP contribution < -0.4 is 10.6 Å². The van der Waals surface area contributed by atoms with Crippen LogP contribution in [0.15, 0.2) is 0 Å². The van der Waals surface area contributed by atoms with Crippen molar-refractivity contribution in [2.45, 2.75) is 45.3 Å². The van der Waals surface area contributed by atoms with Crippen LogP contribution in [0.4, 0.5) is 4.79 Å². The van der Waals surface area contributed by atoms with Crippen LogP contribution in [0.25, 0.3) is 0 Å². The Morgan fingerprint density at radius 2 is 2.19 bits per heavy atom. The monoisotopic (exact) mass is 226 g/mol. The van der Waals surface area contributed by atoms with Gasteiger partial charge < -0.3 is 15.4 Å². The Balaban J connectivity index is 1.70. The highest BCUT2D eigenvalue weighted by Gasteiger charge is 2.39. The van der Waals surface area contributed by atoms with Crippen molar-refractivity contribution in [3.63, 3.8) is 0 Å². The molecule has 0 aromatic carbocycles. The molecule has 4 heteroatoms. The van der Waals surface area contributed by atoms with Gasteiger partial charge in [0.15, 0.2) is 0 Å². The maximum absolute atomic E-state index is 11.5. The lowest BCUT2D eigenvalue weighted by molar-refractivity contribution is 0.0514. The van der Waals surface area contributed by atoms with Gasteiger partial charge in [-0.3, -0.25) is 0 Å². The van der Waals surface area contributed by atoms with Gasteiger partial charge in [-0.05, 0) is 52.0 Å². The number of carbonyl (C=O) groups is 1. The van der Waals surface area contributed by atoms with Crippen LogP contribution in [-0.4, -0.2) is 30.8 Å². The first-order chi connectivity index (χ1) is 7.44. The SMILES string of the molecule is CC(C)(C)OC(=O)NC[C@H]1C[C@H]2C[C@@H]1CN2. The van der Waals surface area contributed by atoms with E-state index in [1.165, 1.54) is 12.8 Å². The normalized spacial score (nSPS) is 32.8. The summed E-state index contributed by atoms with van der Waals surface area (Å²) < 4.78 is 5.21. The Kier molecular flexibility index (Phi) is 3.10. The molecule has 4 nitrogen and oxygen atoms in total. The predicted octanol–water partition coefficient (Wildman–Crippen LogP) is 1.51. The number of nitrogens with one attached hydrogen (secondary N) is 2. The number of amides is 1. The van der Waals surface area contributed by atoms with Crippen molar-refractivity contribution >= 4 is 6.09 Å². The minimum absolute atomic E-state index is 0.289. The zero-order valence-corrected chi connectivity index (χ0v) is 10.4. The van der Waals surface area contributed by atoms with E-state index in [0.717, 1.165) is 19.0 Å². The van der Waals surface area contributed by atoms with Crippen LogP contribution in [0.3, 0.4) is 0 Å². The van der Waals surface area contributed by atoms with Gasteiger partial charge in [0, 0.05) is 12.6 Å². The first kappa shape index (κ1) is 11.7. The summed E-state index contributed by atoms with van der Waals surface area (Å²) in [5, 5.41) is 6.34. The van der Waals surface area contributed by atoms with Gasteiger partial charge >= 0.3 is 6.09 Å². The number of carbonyl (C=O) groups excluding carboxylic acids is 1. The number of alkyl carbamates (subject to hydrolysis) is 1. The lowest BCUT2D eigenvalue weighted by Crippen LogP contribution is -2.39. The smallest absolute Gasteiger partial charge is 0.407 e. The fraction of sp³-hybridized carbons (Fsp3) is 0.917. The highest BCUT2D eigenvalue weighted by Crippen LogP contribution is 2.35. The second kappa shape index (κ2) is 4.24. The Bertz CT molecular complexity index is 273. The summed E-state index contributed by atoms with van der Waals surface area (Å²) in [5.74, 6) is 1.39. The summed E-state index contributed by atoms with van der Waals surface area (Å²) in [7, 11) is 0. The largest absolute Gasteiger partial charge is 0.444 e. The van der Waals surface area contributed by atoms with Gasteiger partial charge in [-0.15, -0.1) is 0 Å². The Morgan fingerprint density at radius 3 is 2.69 bits per heavy atom. The van der Waals surface area contributed by atoms with Crippen molar-refractivity contribution in [2.24, 2.45) is 11.8 Å². The van der Waals surface area contributed by atoms with E-state index in [2.05, 4.69) is 10.6 Å². The van der Waals surface area contributed by atoms with Gasteiger partial charge in [0.2, 0.25) is 0 Å². The van der Waals surface area contributed by atoms with E-state index in [1.807, 2.05) is 20.8 Å². The van der Waals surface area contributed by atoms with Crippen LogP contribution in [-0.2, 0) is 4.74 Å². The van der Waals surface area contributed by atoms with Gasteiger partial charge in [0.25, 0.3) is 0 Å². The number of fused-ring (bicyclic) bond motifs is 2. The quantitative estimate of drug-likeness (QED) is 0.750. The second-order valence-electron chi connectivity index (χ2n) is 5.98. The summed E-state index contributed by atoms with van der Waals surface area (Å²) >= 11 is 0. The molecule has 1 heterocycles. The molecule has 3 atom stereocenters. The molecule has 0 aromatic rings. The summed E-state index contributed by atoms with van der Waals surface area (Å²) in [6.45, 7) is 7.53. The summed E-state index contributed by atoms with van der Waals surface area (Å²) in [6, 6.07) is 0.690. The molecule has 0 unspecified atom stereocenters. The Labute approximate surface area is 97.1 Å². The third-order valence-corrected chi connectivity index (χ3v) is 3.42. The molecule has 1 saturated carbocycles. The van der Waals surface area contributed by atoms with E-state index >= 15 is 0 Å². The molecule has 16 heavy (non-hydrogen) atoms. The Morgan fingerprint density at radius 1 is 1.44 bits per heavy atom. The third-order valence-electron chi connectivity index (χ3n) is 3.42. The van der Waals surface area contributed by atoms with Gasteiger partial charge in [0.1, 0.15) is 5.60 Å². The number of hydrogen-bond donors (Lipinski definition) is 2. The van der Waals surface area contributed by atoms with Crippen molar-refractivity contribution in [1.82, 2.24) is 10.6 Å². The molecule has 1 aliphatic heterocycles. The second-order valence-corrected chi connectivity index (χ2v) is 5.98. The highest BCUT2D eigenvalue weighted by molar-refractivity contribution is 5.67. The number of ether oxygens (including phenoxy) is 1. The number of piperidine rings is 1. The fourth-order valence-corrected chi connectivity index (χ4v) is 2.73. The molecule has 2 bridgehead atoms. The van der Waals surface area contributed by atoms with E-state index in [9.17, 15) is 4.79 Å². The number of rotatable bonds is 2. The van der Waals surface area contributed by atoms with Crippen molar-refractivity contribution in [2.75, 3.05) is 13.1 Å². The van der Waals surface area contributed by atoms with Crippen molar-refractivity contribution < 1.29 is 9.53 Å². The van der Waals surface area contributed by atoms with Gasteiger partial charge in [-0.1, -0.05) is 0 Å². The molecule has 1 aliphatic carbocycles. The van der Waals surface area contributed by atoms with Gasteiger partial charge in [-0.25, -0.2) is 4.79 Å². The molecular formula is C12H22N2O2. The van der Waals surface area contributed by atoms with E-state index in [0.29, 0.717) is 12.0 Å². The molecule has 0 aromatic heterocycles. The third kappa shape index (κ3) is 2.88. The summed E-state index contributed by atoms with van der Waals surface area (Å²) in [4.78, 5) is 11.5. The van der Waals surface area contributed by atoms with Crippen LogP contribution in [0, 0.1) is 11.8 Å². The maximum Gasteiger partial charge on any atom is 0.407 e. The molecule has 92 valence electrons. The van der Waals surface area contributed by atoms with Crippen LogP contribution in [0.5, 0.6) is 0 Å². The molecule has 0 radical (unpaired) electrons. The minimum Gasteiger partial charge on any atom is -0.444 e. The average Bonchev–Trinajstić information content (AvgIpc) is 2.72. The fourth-order valence-electron chi connectivity index (χ4n) is 2.73. The van der Waals surface area contributed by atoms with Crippen molar-refractivity contribution in [1.29, 1.82) is 0 Å². The minimum atomic E-state index is -0.402. The molecule has 1 amide bonds. The van der Waals surface area contributed by atoms with Crippen LogP contribution in [0.2, 0.25) is 0 Å². The molecular weight excluding hydrogens is 204 g/mol. The zero-order valence-electron chi connectivity index (χ0n) is 10.4. The average molecular weight is 226 g/mol.